The lowest BCUT2D eigenvalue weighted by Gasteiger charge is -2.23. The van der Waals surface area contributed by atoms with Gasteiger partial charge in [-0.2, -0.15) is 0 Å². The van der Waals surface area contributed by atoms with E-state index in [1.54, 1.807) is 37.3 Å². The smallest absolute Gasteiger partial charge is 0.350 e. The van der Waals surface area contributed by atoms with Crippen LogP contribution in [0.3, 0.4) is 0 Å². The Balaban J connectivity index is 1.74. The molecule has 0 fully saturated rings. The van der Waals surface area contributed by atoms with E-state index >= 15 is 0 Å². The van der Waals surface area contributed by atoms with E-state index in [9.17, 15) is 14.4 Å². The highest BCUT2D eigenvalue weighted by Crippen LogP contribution is 2.45. The zero-order valence-corrected chi connectivity index (χ0v) is 22.1. The highest BCUT2D eigenvalue weighted by molar-refractivity contribution is 7.17. The number of hydrogen-bond acceptors (Lipinski definition) is 9. The summed E-state index contributed by atoms with van der Waals surface area (Å²) in [5, 5.41) is 0.790. The fraction of sp³-hybridized carbons (Fsp3) is 0.185. The first-order chi connectivity index (χ1) is 18.3. The maximum Gasteiger partial charge on any atom is 0.350 e. The van der Waals surface area contributed by atoms with Crippen LogP contribution in [-0.2, 0) is 4.74 Å². The summed E-state index contributed by atoms with van der Waals surface area (Å²) in [6.07, 6.45) is 1.46. The van der Waals surface area contributed by atoms with Gasteiger partial charge < -0.3 is 18.6 Å². The first kappa shape index (κ1) is 25.5. The molecule has 1 aliphatic rings. The number of thiazole rings is 1. The molecular formula is C27H21ClN2O7S. The number of carbonyl (C=O) groups excluding carboxylic acids is 2. The molecule has 0 saturated heterocycles. The van der Waals surface area contributed by atoms with Crippen LogP contribution in [0.4, 0.5) is 5.13 Å². The van der Waals surface area contributed by atoms with Crippen LogP contribution in [0.5, 0.6) is 11.5 Å². The van der Waals surface area contributed by atoms with Gasteiger partial charge in [0, 0.05) is 5.02 Å². The lowest BCUT2D eigenvalue weighted by atomic mass is 9.98. The Bertz CT molecular complexity index is 1680. The predicted octanol–water partition coefficient (Wildman–Crippen LogP) is 5.32. The van der Waals surface area contributed by atoms with Crippen LogP contribution in [0.1, 0.15) is 43.1 Å². The number of fused-ring (bicyclic) bond motifs is 2. The van der Waals surface area contributed by atoms with Crippen molar-refractivity contribution in [2.45, 2.75) is 13.0 Å². The second-order valence-corrected chi connectivity index (χ2v) is 9.72. The molecule has 0 spiro atoms. The summed E-state index contributed by atoms with van der Waals surface area (Å²) in [7, 11) is 3.00. The summed E-state index contributed by atoms with van der Waals surface area (Å²) in [4.78, 5) is 46.3. The van der Waals surface area contributed by atoms with Crippen molar-refractivity contribution in [3.8, 4) is 11.5 Å². The van der Waals surface area contributed by atoms with E-state index in [4.69, 9.17) is 30.2 Å². The summed E-state index contributed by atoms with van der Waals surface area (Å²) in [6, 6.07) is 8.78. The molecule has 0 radical (unpaired) electrons. The molecule has 3 heterocycles. The number of halogens is 1. The fourth-order valence-electron chi connectivity index (χ4n) is 4.36. The summed E-state index contributed by atoms with van der Waals surface area (Å²) in [5.41, 5.74) is 0.875. The van der Waals surface area contributed by atoms with Gasteiger partial charge in [0.2, 0.25) is 5.76 Å². The first-order valence-corrected chi connectivity index (χ1v) is 12.6. The van der Waals surface area contributed by atoms with Gasteiger partial charge in [0.1, 0.15) is 17.1 Å². The van der Waals surface area contributed by atoms with Gasteiger partial charge in [0.05, 0.1) is 36.9 Å². The van der Waals surface area contributed by atoms with E-state index in [1.807, 2.05) is 0 Å². The molecule has 1 amide bonds. The minimum atomic E-state index is -0.931. The van der Waals surface area contributed by atoms with Crippen molar-refractivity contribution in [3.63, 3.8) is 0 Å². The number of hydrogen-bond donors (Lipinski definition) is 0. The number of nitrogens with zero attached hydrogens (tertiary/aromatic N) is 2. The third-order valence-corrected chi connectivity index (χ3v) is 7.44. The van der Waals surface area contributed by atoms with Crippen molar-refractivity contribution < 1.29 is 28.2 Å². The third-order valence-electron chi connectivity index (χ3n) is 6.06. The maximum absolute atomic E-state index is 13.8. The molecule has 2 aromatic carbocycles. The molecule has 4 aromatic rings. The summed E-state index contributed by atoms with van der Waals surface area (Å²) in [5.74, 6) is -0.403. The normalized spacial score (nSPS) is 14.5. The molecule has 0 bridgehead atoms. The Morgan fingerprint density at radius 1 is 1.18 bits per heavy atom. The molecule has 9 nitrogen and oxygen atoms in total. The Labute approximate surface area is 225 Å². The van der Waals surface area contributed by atoms with E-state index in [0.717, 1.165) is 11.3 Å². The molecule has 1 unspecified atom stereocenters. The Hall–Kier alpha value is -4.15. The Kier molecular flexibility index (Phi) is 6.68. The second kappa shape index (κ2) is 9.96. The third kappa shape index (κ3) is 4.11. The van der Waals surface area contributed by atoms with E-state index in [1.165, 1.54) is 31.3 Å². The number of aryl methyl sites for hydroxylation is 1. The molecule has 2 aromatic heterocycles. The van der Waals surface area contributed by atoms with Crippen LogP contribution >= 0.6 is 22.9 Å². The number of anilines is 1. The molecule has 0 aliphatic carbocycles. The Morgan fingerprint density at radius 2 is 1.95 bits per heavy atom. The SMILES string of the molecule is C=CCOC(=O)c1sc(N2C(=O)c3oc4ccc(Cl)cc4c(=O)c3C2c2ccc(OC)c(OC)c2)nc1C. The van der Waals surface area contributed by atoms with E-state index < -0.39 is 23.3 Å². The van der Waals surface area contributed by atoms with Gasteiger partial charge in [-0.05, 0) is 42.8 Å². The number of amides is 1. The average molecular weight is 553 g/mol. The number of carbonyl (C=O) groups is 2. The van der Waals surface area contributed by atoms with Crippen molar-refractivity contribution in [2.75, 3.05) is 25.7 Å². The van der Waals surface area contributed by atoms with Crippen molar-refractivity contribution in [1.82, 2.24) is 4.98 Å². The second-order valence-electron chi connectivity index (χ2n) is 8.30. The van der Waals surface area contributed by atoms with Gasteiger partial charge >= 0.3 is 5.97 Å². The topological polar surface area (TPSA) is 108 Å². The van der Waals surface area contributed by atoms with Gasteiger partial charge in [0.25, 0.3) is 5.91 Å². The minimum absolute atomic E-state index is 0.0292. The van der Waals surface area contributed by atoms with Gasteiger partial charge in [0.15, 0.2) is 22.1 Å². The van der Waals surface area contributed by atoms with Crippen LogP contribution in [-0.4, -0.2) is 37.7 Å². The molecule has 5 rings (SSSR count). The maximum atomic E-state index is 13.8. The lowest BCUT2D eigenvalue weighted by molar-refractivity contribution is 0.0554. The Morgan fingerprint density at radius 3 is 2.66 bits per heavy atom. The number of methoxy groups -OCH3 is 2. The van der Waals surface area contributed by atoms with E-state index in [2.05, 4.69) is 11.6 Å². The highest BCUT2D eigenvalue weighted by atomic mass is 35.5. The van der Waals surface area contributed by atoms with E-state index in [-0.39, 0.29) is 38.9 Å². The highest BCUT2D eigenvalue weighted by Gasteiger charge is 2.45. The molecule has 11 heteroatoms. The fourth-order valence-corrected chi connectivity index (χ4v) is 5.51. The number of aromatic nitrogens is 1. The molecule has 1 atom stereocenters. The molecule has 194 valence electrons. The van der Waals surface area contributed by atoms with Gasteiger partial charge in [-0.25, -0.2) is 9.78 Å². The molecular weight excluding hydrogens is 532 g/mol. The number of ether oxygens (including phenoxy) is 3. The first-order valence-electron chi connectivity index (χ1n) is 11.4. The lowest BCUT2D eigenvalue weighted by Crippen LogP contribution is -2.29. The van der Waals surface area contributed by atoms with Crippen LogP contribution in [0.15, 0.2) is 58.3 Å². The van der Waals surface area contributed by atoms with Crippen molar-refractivity contribution in [1.29, 1.82) is 0 Å². The van der Waals surface area contributed by atoms with Crippen molar-refractivity contribution in [3.05, 3.63) is 91.8 Å². The number of rotatable bonds is 7. The van der Waals surface area contributed by atoms with Crippen molar-refractivity contribution in [2.24, 2.45) is 0 Å². The largest absolute Gasteiger partial charge is 0.493 e. The summed E-state index contributed by atoms with van der Waals surface area (Å²) < 4.78 is 22.0. The molecule has 38 heavy (non-hydrogen) atoms. The van der Waals surface area contributed by atoms with Gasteiger partial charge in [-0.1, -0.05) is 41.7 Å². The number of esters is 1. The zero-order chi connectivity index (χ0) is 27.1. The van der Waals surface area contributed by atoms with E-state index in [0.29, 0.717) is 27.8 Å². The summed E-state index contributed by atoms with van der Waals surface area (Å²) >= 11 is 7.14. The quantitative estimate of drug-likeness (QED) is 0.224. The summed E-state index contributed by atoms with van der Waals surface area (Å²) in [6.45, 7) is 5.22. The number of benzene rings is 2. The van der Waals surface area contributed by atoms with Crippen LogP contribution < -0.4 is 19.8 Å². The molecule has 0 N–H and O–H groups in total. The average Bonchev–Trinajstić information content (AvgIpc) is 3.44. The molecule has 0 saturated carbocycles. The van der Waals surface area contributed by atoms with Crippen LogP contribution in [0, 0.1) is 6.92 Å². The van der Waals surface area contributed by atoms with Gasteiger partial charge in [-0.3, -0.25) is 14.5 Å². The van der Waals surface area contributed by atoms with Crippen molar-refractivity contribution >= 4 is 50.9 Å². The predicted molar refractivity (Wildman–Crippen MR) is 143 cm³/mol. The monoisotopic (exact) mass is 552 g/mol. The van der Waals surface area contributed by atoms with Crippen LogP contribution in [0.2, 0.25) is 5.02 Å². The van der Waals surface area contributed by atoms with Crippen LogP contribution in [0.25, 0.3) is 11.0 Å². The zero-order valence-electron chi connectivity index (χ0n) is 20.6. The van der Waals surface area contributed by atoms with Gasteiger partial charge in [-0.15, -0.1) is 0 Å². The molecule has 1 aliphatic heterocycles. The standard InChI is InChI=1S/C27H21ClN2O7S/c1-5-10-36-26(33)24-13(2)29-27(38-24)30-21(14-6-8-18(34-3)19(11-14)35-4)20-22(31)16-12-15(28)7-9-17(16)37-23(20)25(30)32/h5-9,11-12,21H,1,10H2,2-4H3. The minimum Gasteiger partial charge on any atom is -0.493 e.